The molecule has 0 bridgehead atoms. The first-order valence-electron chi connectivity index (χ1n) is 6.89. The van der Waals surface area contributed by atoms with E-state index in [-0.39, 0.29) is 0 Å². The maximum atomic E-state index is 5.61. The first-order valence-corrected chi connectivity index (χ1v) is 8.04. The van der Waals surface area contributed by atoms with Gasteiger partial charge in [-0.3, -0.25) is 0 Å². The molecule has 3 nitrogen and oxygen atoms in total. The number of likely N-dealkylation sites (N-methyl/N-ethyl adjacent to an activating group) is 1. The Hall–Kier alpha value is -0.550. The Morgan fingerprint density at radius 2 is 2.16 bits per heavy atom. The van der Waals surface area contributed by atoms with Crippen LogP contribution in [0.15, 0.2) is 24.3 Å². The van der Waals surface area contributed by atoms with Gasteiger partial charge >= 0.3 is 0 Å². The van der Waals surface area contributed by atoms with Crippen molar-refractivity contribution in [2.75, 3.05) is 46.2 Å². The third-order valence-corrected chi connectivity index (χ3v) is 4.38. The van der Waals surface area contributed by atoms with Crippen LogP contribution in [0, 0.1) is 0 Å². The van der Waals surface area contributed by atoms with Crippen LogP contribution in [-0.2, 0) is 10.5 Å². The maximum absolute atomic E-state index is 5.61. The average Bonchev–Trinajstić information content (AvgIpc) is 2.42. The van der Waals surface area contributed by atoms with Crippen molar-refractivity contribution in [2.24, 2.45) is 0 Å². The number of nitrogens with one attached hydrogen (secondary N) is 1. The van der Waals surface area contributed by atoms with Gasteiger partial charge in [-0.15, -0.1) is 0 Å². The molecule has 0 saturated heterocycles. The van der Waals surface area contributed by atoms with E-state index in [1.807, 2.05) is 11.8 Å². The smallest absolute Gasteiger partial charge is 0.0593 e. The fraction of sp³-hybridized carbons (Fsp3) is 0.600. The van der Waals surface area contributed by atoms with Crippen LogP contribution in [0.3, 0.4) is 0 Å². The molecule has 1 aromatic rings. The summed E-state index contributed by atoms with van der Waals surface area (Å²) in [6.07, 6.45) is 0. The molecule has 0 radical (unpaired) electrons. The molecule has 1 heterocycles. The third-order valence-electron chi connectivity index (χ3n) is 3.29. The standard InChI is InChI=1S/C15H24N2OS/c1-17(2)8-10-18-9-7-16-15-12-19-11-13-5-3-4-6-14(13)15/h3-6,15-16H,7-12H2,1-2H3. The Morgan fingerprint density at radius 3 is 3.00 bits per heavy atom. The van der Waals surface area contributed by atoms with Crippen molar-refractivity contribution in [3.63, 3.8) is 0 Å². The van der Waals surface area contributed by atoms with Gasteiger partial charge in [0.05, 0.1) is 13.2 Å². The summed E-state index contributed by atoms with van der Waals surface area (Å²) < 4.78 is 5.61. The normalized spacial score (nSPS) is 18.6. The summed E-state index contributed by atoms with van der Waals surface area (Å²) in [6, 6.07) is 9.24. The van der Waals surface area contributed by atoms with Crippen LogP contribution in [-0.4, -0.2) is 51.1 Å². The molecule has 0 saturated carbocycles. The molecule has 1 unspecified atom stereocenters. The molecule has 0 aromatic heterocycles. The van der Waals surface area contributed by atoms with Gasteiger partial charge in [-0.1, -0.05) is 24.3 Å². The summed E-state index contributed by atoms with van der Waals surface area (Å²) in [5, 5.41) is 3.61. The number of fused-ring (bicyclic) bond motifs is 1. The van der Waals surface area contributed by atoms with Gasteiger partial charge in [0.2, 0.25) is 0 Å². The van der Waals surface area contributed by atoms with Gasteiger partial charge in [0.1, 0.15) is 0 Å². The molecule has 4 heteroatoms. The Labute approximate surface area is 120 Å². The number of thioether (sulfide) groups is 1. The second kappa shape index (κ2) is 7.90. The minimum atomic E-state index is 0.479. The van der Waals surface area contributed by atoms with E-state index in [1.165, 1.54) is 11.1 Å². The van der Waals surface area contributed by atoms with Crippen LogP contribution in [0.2, 0.25) is 0 Å². The molecule has 0 spiro atoms. The zero-order valence-electron chi connectivity index (χ0n) is 11.9. The van der Waals surface area contributed by atoms with Crippen molar-refractivity contribution in [1.29, 1.82) is 0 Å². The molecule has 0 fully saturated rings. The molecule has 0 aliphatic carbocycles. The van der Waals surface area contributed by atoms with E-state index in [9.17, 15) is 0 Å². The van der Waals surface area contributed by atoms with E-state index in [1.54, 1.807) is 0 Å². The molecular weight excluding hydrogens is 256 g/mol. The van der Waals surface area contributed by atoms with Gasteiger partial charge in [-0.05, 0) is 25.2 Å². The van der Waals surface area contributed by atoms with Crippen LogP contribution in [0.25, 0.3) is 0 Å². The second-order valence-electron chi connectivity index (χ2n) is 5.14. The third kappa shape index (κ3) is 4.80. The molecule has 1 aliphatic rings. The lowest BCUT2D eigenvalue weighted by atomic mass is 10.0. The molecule has 0 amide bonds. The highest BCUT2D eigenvalue weighted by molar-refractivity contribution is 7.98. The van der Waals surface area contributed by atoms with Crippen molar-refractivity contribution in [2.45, 2.75) is 11.8 Å². The first-order chi connectivity index (χ1) is 9.27. The lowest BCUT2D eigenvalue weighted by molar-refractivity contribution is 0.118. The van der Waals surface area contributed by atoms with E-state index in [2.05, 4.69) is 48.6 Å². The highest BCUT2D eigenvalue weighted by atomic mass is 32.2. The van der Waals surface area contributed by atoms with E-state index < -0.39 is 0 Å². The second-order valence-corrected chi connectivity index (χ2v) is 6.17. The molecule has 1 atom stereocenters. The molecule has 2 rings (SSSR count). The van der Waals surface area contributed by atoms with Gasteiger partial charge < -0.3 is 15.0 Å². The van der Waals surface area contributed by atoms with Crippen molar-refractivity contribution < 1.29 is 4.74 Å². The Bertz CT molecular complexity index is 384. The van der Waals surface area contributed by atoms with Gasteiger partial charge in [-0.2, -0.15) is 11.8 Å². The number of nitrogens with zero attached hydrogens (tertiary/aromatic N) is 1. The molecule has 19 heavy (non-hydrogen) atoms. The summed E-state index contributed by atoms with van der Waals surface area (Å²) in [5.41, 5.74) is 2.94. The van der Waals surface area contributed by atoms with Crippen molar-refractivity contribution in [1.82, 2.24) is 10.2 Å². The number of hydrogen-bond acceptors (Lipinski definition) is 4. The summed E-state index contributed by atoms with van der Waals surface area (Å²) in [7, 11) is 4.13. The van der Waals surface area contributed by atoms with Gasteiger partial charge in [-0.25, -0.2) is 0 Å². The maximum Gasteiger partial charge on any atom is 0.0593 e. The summed E-state index contributed by atoms with van der Waals surface area (Å²) in [6.45, 7) is 3.51. The summed E-state index contributed by atoms with van der Waals surface area (Å²) in [4.78, 5) is 2.14. The number of rotatable bonds is 7. The van der Waals surface area contributed by atoms with E-state index >= 15 is 0 Å². The van der Waals surface area contributed by atoms with Crippen LogP contribution >= 0.6 is 11.8 Å². The molecule has 1 aliphatic heterocycles. The van der Waals surface area contributed by atoms with Crippen molar-refractivity contribution in [3.05, 3.63) is 35.4 Å². The van der Waals surface area contributed by atoms with Gasteiger partial charge in [0, 0.05) is 30.6 Å². The summed E-state index contributed by atoms with van der Waals surface area (Å²) in [5.74, 6) is 2.31. The molecule has 106 valence electrons. The first kappa shape index (κ1) is 14.9. The van der Waals surface area contributed by atoms with Crippen LogP contribution in [0.4, 0.5) is 0 Å². The van der Waals surface area contributed by atoms with Crippen LogP contribution in [0.1, 0.15) is 17.2 Å². The number of benzene rings is 1. The number of ether oxygens (including phenoxy) is 1. The SMILES string of the molecule is CN(C)CCOCCNC1CSCc2ccccc21. The lowest BCUT2D eigenvalue weighted by Crippen LogP contribution is -2.30. The Kier molecular flexibility index (Phi) is 6.17. The zero-order chi connectivity index (χ0) is 13.5. The van der Waals surface area contributed by atoms with Crippen LogP contribution < -0.4 is 5.32 Å². The minimum absolute atomic E-state index is 0.479. The van der Waals surface area contributed by atoms with Crippen molar-refractivity contribution in [3.8, 4) is 0 Å². The molecule has 1 N–H and O–H groups in total. The van der Waals surface area contributed by atoms with Gasteiger partial charge in [0.15, 0.2) is 0 Å². The summed E-state index contributed by atoms with van der Waals surface area (Å²) >= 11 is 2.01. The fourth-order valence-corrected chi connectivity index (χ4v) is 3.34. The minimum Gasteiger partial charge on any atom is -0.379 e. The highest BCUT2D eigenvalue weighted by Gasteiger charge is 2.18. The van der Waals surface area contributed by atoms with E-state index in [4.69, 9.17) is 4.74 Å². The van der Waals surface area contributed by atoms with E-state index in [0.717, 1.165) is 37.8 Å². The number of hydrogen-bond donors (Lipinski definition) is 1. The lowest BCUT2D eigenvalue weighted by Gasteiger charge is -2.26. The Morgan fingerprint density at radius 1 is 1.32 bits per heavy atom. The monoisotopic (exact) mass is 280 g/mol. The highest BCUT2D eigenvalue weighted by Crippen LogP contribution is 2.31. The quantitative estimate of drug-likeness (QED) is 0.774. The average molecular weight is 280 g/mol. The van der Waals surface area contributed by atoms with Crippen molar-refractivity contribution >= 4 is 11.8 Å². The van der Waals surface area contributed by atoms with Crippen LogP contribution in [0.5, 0.6) is 0 Å². The van der Waals surface area contributed by atoms with Gasteiger partial charge in [0.25, 0.3) is 0 Å². The predicted octanol–water partition coefficient (Wildman–Crippen LogP) is 2.14. The zero-order valence-corrected chi connectivity index (χ0v) is 12.7. The largest absolute Gasteiger partial charge is 0.379 e. The molecule has 1 aromatic carbocycles. The fourth-order valence-electron chi connectivity index (χ4n) is 2.21. The van der Waals surface area contributed by atoms with E-state index in [0.29, 0.717) is 6.04 Å². The Balaban J connectivity index is 1.70. The topological polar surface area (TPSA) is 24.5 Å². The molecular formula is C15H24N2OS. The predicted molar refractivity (Wildman–Crippen MR) is 82.7 cm³/mol.